The van der Waals surface area contributed by atoms with E-state index in [1.807, 2.05) is 25.1 Å². The van der Waals surface area contributed by atoms with E-state index in [0.29, 0.717) is 6.42 Å². The molecule has 1 aliphatic carbocycles. The molecule has 0 amide bonds. The summed E-state index contributed by atoms with van der Waals surface area (Å²) < 4.78 is 0. The molecule has 1 aliphatic rings. The maximum absolute atomic E-state index is 12.1. The fraction of sp³-hybridized carbons (Fsp3) is 0.429. The van der Waals surface area contributed by atoms with Crippen LogP contribution < -0.4 is 0 Å². The number of hydrogen-bond donors (Lipinski definition) is 0. The van der Waals surface area contributed by atoms with Gasteiger partial charge in [0.25, 0.3) is 0 Å². The molecule has 2 heteroatoms. The summed E-state index contributed by atoms with van der Waals surface area (Å²) in [6.07, 6.45) is 2.39. The molecule has 2 nitrogen and oxygen atoms in total. The molecule has 1 aromatic rings. The monoisotopic (exact) mass is 213 g/mol. The fourth-order valence-electron chi connectivity index (χ4n) is 2.31. The summed E-state index contributed by atoms with van der Waals surface area (Å²) in [5.74, 6) is -0.321. The van der Waals surface area contributed by atoms with Crippen molar-refractivity contribution in [3.05, 3.63) is 35.4 Å². The van der Waals surface area contributed by atoms with Gasteiger partial charge in [-0.25, -0.2) is 0 Å². The van der Waals surface area contributed by atoms with E-state index < -0.39 is 5.92 Å². The quantitative estimate of drug-likeness (QED) is 0.771. The van der Waals surface area contributed by atoms with Crippen LogP contribution in [-0.4, -0.2) is 5.78 Å². The number of carbonyl (C=O) groups is 1. The Morgan fingerprint density at radius 1 is 1.56 bits per heavy atom. The molecule has 0 aromatic heterocycles. The molecular formula is C14H15NO. The lowest BCUT2D eigenvalue weighted by Crippen LogP contribution is -2.29. The summed E-state index contributed by atoms with van der Waals surface area (Å²) in [6.45, 7) is 2.01. The first-order chi connectivity index (χ1) is 7.77. The van der Waals surface area contributed by atoms with Crippen LogP contribution in [0.15, 0.2) is 24.3 Å². The number of nitrogens with zero attached hydrogens (tertiary/aromatic N) is 1. The standard InChI is InChI=1S/C14H15NO/c1-2-5-11(9-15)14(16)13-8-10-6-3-4-7-12(10)13/h3-4,6-7,11,13H,2,5,8H2,1H3. The van der Waals surface area contributed by atoms with Gasteiger partial charge in [0.15, 0.2) is 5.78 Å². The van der Waals surface area contributed by atoms with Gasteiger partial charge in [-0.2, -0.15) is 5.26 Å². The van der Waals surface area contributed by atoms with E-state index in [2.05, 4.69) is 12.1 Å². The SMILES string of the molecule is CCCC(C#N)C(=O)C1Cc2ccccc21. The van der Waals surface area contributed by atoms with Crippen LogP contribution in [0.4, 0.5) is 0 Å². The first-order valence-electron chi connectivity index (χ1n) is 5.79. The van der Waals surface area contributed by atoms with Gasteiger partial charge in [-0.05, 0) is 24.0 Å². The third-order valence-corrected chi connectivity index (χ3v) is 3.27. The van der Waals surface area contributed by atoms with Crippen LogP contribution >= 0.6 is 0 Å². The average molecular weight is 213 g/mol. The van der Waals surface area contributed by atoms with E-state index in [4.69, 9.17) is 5.26 Å². The molecule has 0 aliphatic heterocycles. The lowest BCUT2D eigenvalue weighted by molar-refractivity contribution is -0.123. The molecule has 0 fully saturated rings. The normalized spacial score (nSPS) is 19.1. The summed E-state index contributed by atoms with van der Waals surface area (Å²) >= 11 is 0. The Hall–Kier alpha value is -1.62. The van der Waals surface area contributed by atoms with E-state index in [-0.39, 0.29) is 11.7 Å². The fourth-order valence-corrected chi connectivity index (χ4v) is 2.31. The average Bonchev–Trinajstić information content (AvgIpc) is 2.27. The molecule has 2 rings (SSSR count). The van der Waals surface area contributed by atoms with Crippen LogP contribution in [0.5, 0.6) is 0 Å². The molecule has 16 heavy (non-hydrogen) atoms. The van der Waals surface area contributed by atoms with Crippen LogP contribution in [0.25, 0.3) is 0 Å². The van der Waals surface area contributed by atoms with Crippen LogP contribution in [0, 0.1) is 17.2 Å². The molecule has 2 unspecified atom stereocenters. The highest BCUT2D eigenvalue weighted by Gasteiger charge is 2.35. The van der Waals surface area contributed by atoms with Crippen molar-refractivity contribution in [2.45, 2.75) is 32.1 Å². The van der Waals surface area contributed by atoms with E-state index >= 15 is 0 Å². The largest absolute Gasteiger partial charge is 0.298 e. The van der Waals surface area contributed by atoms with E-state index in [9.17, 15) is 4.79 Å². The Bertz CT molecular complexity index is 444. The second-order valence-electron chi connectivity index (χ2n) is 4.33. The molecule has 0 N–H and O–H groups in total. The van der Waals surface area contributed by atoms with Crippen molar-refractivity contribution in [3.63, 3.8) is 0 Å². The third kappa shape index (κ3) is 1.74. The van der Waals surface area contributed by atoms with E-state index in [1.165, 1.54) is 5.56 Å². The third-order valence-electron chi connectivity index (χ3n) is 3.27. The number of ketones is 1. The molecule has 1 aromatic carbocycles. The predicted octanol–water partition coefficient (Wildman–Crippen LogP) is 2.84. The smallest absolute Gasteiger partial charge is 0.157 e. The number of nitriles is 1. The Morgan fingerprint density at radius 3 is 2.94 bits per heavy atom. The van der Waals surface area contributed by atoms with Crippen LogP contribution in [-0.2, 0) is 11.2 Å². The maximum atomic E-state index is 12.1. The summed E-state index contributed by atoms with van der Waals surface area (Å²) in [7, 11) is 0. The number of fused-ring (bicyclic) bond motifs is 1. The van der Waals surface area contributed by atoms with Crippen molar-refractivity contribution in [1.82, 2.24) is 0 Å². The second kappa shape index (κ2) is 4.49. The zero-order chi connectivity index (χ0) is 11.5. The number of carbonyl (C=O) groups excluding carboxylic acids is 1. The Labute approximate surface area is 95.9 Å². The van der Waals surface area contributed by atoms with Crippen LogP contribution in [0.1, 0.15) is 36.8 Å². The highest BCUT2D eigenvalue weighted by atomic mass is 16.1. The molecule has 0 saturated heterocycles. The van der Waals surface area contributed by atoms with Crippen LogP contribution in [0.2, 0.25) is 0 Å². The topological polar surface area (TPSA) is 40.9 Å². The number of Topliss-reactive ketones (excluding diaryl/α,β-unsaturated/α-hetero) is 1. The maximum Gasteiger partial charge on any atom is 0.157 e. The lowest BCUT2D eigenvalue weighted by atomic mass is 9.72. The molecule has 82 valence electrons. The van der Waals surface area contributed by atoms with Crippen molar-refractivity contribution in [2.75, 3.05) is 0 Å². The van der Waals surface area contributed by atoms with E-state index in [1.54, 1.807) is 0 Å². The highest BCUT2D eigenvalue weighted by molar-refractivity contribution is 5.92. The zero-order valence-corrected chi connectivity index (χ0v) is 9.44. The Kier molecular flexibility index (Phi) is 3.05. The van der Waals surface area contributed by atoms with Gasteiger partial charge in [0, 0.05) is 5.92 Å². The molecular weight excluding hydrogens is 198 g/mol. The van der Waals surface area contributed by atoms with E-state index in [0.717, 1.165) is 18.4 Å². The molecule has 2 atom stereocenters. The Morgan fingerprint density at radius 2 is 2.31 bits per heavy atom. The minimum Gasteiger partial charge on any atom is -0.298 e. The van der Waals surface area contributed by atoms with Gasteiger partial charge >= 0.3 is 0 Å². The lowest BCUT2D eigenvalue weighted by Gasteiger charge is -2.30. The van der Waals surface area contributed by atoms with Crippen molar-refractivity contribution < 1.29 is 4.79 Å². The highest BCUT2D eigenvalue weighted by Crippen LogP contribution is 2.37. The number of rotatable bonds is 4. The summed E-state index contributed by atoms with van der Waals surface area (Å²) in [4.78, 5) is 12.1. The summed E-state index contributed by atoms with van der Waals surface area (Å²) in [6, 6.07) is 10.1. The summed E-state index contributed by atoms with van der Waals surface area (Å²) in [5.41, 5.74) is 2.39. The van der Waals surface area contributed by atoms with Crippen molar-refractivity contribution in [1.29, 1.82) is 5.26 Å². The zero-order valence-electron chi connectivity index (χ0n) is 9.44. The van der Waals surface area contributed by atoms with Crippen molar-refractivity contribution in [2.24, 2.45) is 5.92 Å². The minimum atomic E-state index is -0.414. The summed E-state index contributed by atoms with van der Waals surface area (Å²) in [5, 5.41) is 8.97. The van der Waals surface area contributed by atoms with Crippen molar-refractivity contribution in [3.8, 4) is 6.07 Å². The first kappa shape index (κ1) is 10.9. The Balaban J connectivity index is 2.12. The first-order valence-corrected chi connectivity index (χ1v) is 5.79. The van der Waals surface area contributed by atoms with Gasteiger partial charge in [0.05, 0.1) is 6.07 Å². The van der Waals surface area contributed by atoms with Gasteiger partial charge in [-0.1, -0.05) is 37.6 Å². The van der Waals surface area contributed by atoms with Crippen LogP contribution in [0.3, 0.4) is 0 Å². The van der Waals surface area contributed by atoms with Gasteiger partial charge in [0.1, 0.15) is 5.92 Å². The predicted molar refractivity (Wildman–Crippen MR) is 61.9 cm³/mol. The molecule has 0 radical (unpaired) electrons. The molecule has 0 heterocycles. The van der Waals surface area contributed by atoms with Gasteiger partial charge in [-0.3, -0.25) is 4.79 Å². The molecule has 0 spiro atoms. The van der Waals surface area contributed by atoms with Gasteiger partial charge in [0.2, 0.25) is 0 Å². The molecule has 0 saturated carbocycles. The van der Waals surface area contributed by atoms with Gasteiger partial charge < -0.3 is 0 Å². The van der Waals surface area contributed by atoms with Crippen molar-refractivity contribution >= 4 is 5.78 Å². The van der Waals surface area contributed by atoms with Gasteiger partial charge in [-0.15, -0.1) is 0 Å². The number of benzene rings is 1. The molecule has 0 bridgehead atoms. The minimum absolute atomic E-state index is 0.0209. The number of hydrogen-bond acceptors (Lipinski definition) is 2. The second-order valence-corrected chi connectivity index (χ2v) is 4.33.